The lowest BCUT2D eigenvalue weighted by atomic mass is 10.0. The number of amides is 1. The van der Waals surface area contributed by atoms with Gasteiger partial charge < -0.3 is 10.2 Å². The highest BCUT2D eigenvalue weighted by molar-refractivity contribution is 5.91. The fourth-order valence-corrected chi connectivity index (χ4v) is 3.01. The summed E-state index contributed by atoms with van der Waals surface area (Å²) in [5.41, 5.74) is 1.29. The summed E-state index contributed by atoms with van der Waals surface area (Å²) < 4.78 is 13.3. The lowest BCUT2D eigenvalue weighted by Gasteiger charge is -2.25. The highest BCUT2D eigenvalue weighted by Crippen LogP contribution is 2.26. The zero-order chi connectivity index (χ0) is 16.2. The zero-order valence-electron chi connectivity index (χ0n) is 13.0. The molecule has 23 heavy (non-hydrogen) atoms. The monoisotopic (exact) mass is 314 g/mol. The van der Waals surface area contributed by atoms with Crippen LogP contribution in [-0.2, 0) is 6.42 Å². The molecule has 1 aromatic heterocycles. The molecule has 2 heterocycles. The Morgan fingerprint density at radius 3 is 2.91 bits per heavy atom. The predicted molar refractivity (Wildman–Crippen MR) is 85.9 cm³/mol. The van der Waals surface area contributed by atoms with Gasteiger partial charge in [-0.1, -0.05) is 12.1 Å². The Morgan fingerprint density at radius 2 is 2.22 bits per heavy atom. The van der Waals surface area contributed by atoms with E-state index < -0.39 is 0 Å². The standard InChI is InChI=1S/C17H19FN4O/c1-19-17(23)15-7-8-16(21-20-15)22-9-3-6-14(22)11-12-4-2-5-13(18)10-12/h2,4-5,7-8,10,14H,3,6,9,11H2,1H3,(H,19,23). The first-order chi connectivity index (χ1) is 11.2. The number of rotatable bonds is 4. The Labute approximate surface area is 134 Å². The molecule has 0 saturated carbocycles. The van der Waals surface area contributed by atoms with Crippen LogP contribution in [0, 0.1) is 5.82 Å². The SMILES string of the molecule is CNC(=O)c1ccc(N2CCCC2Cc2cccc(F)c2)nn1. The number of carbonyl (C=O) groups excluding carboxylic acids is 1. The van der Waals surface area contributed by atoms with Gasteiger partial charge in [0.2, 0.25) is 0 Å². The second-order valence-corrected chi connectivity index (χ2v) is 5.68. The first-order valence-corrected chi connectivity index (χ1v) is 7.74. The number of benzene rings is 1. The van der Waals surface area contributed by atoms with E-state index in [4.69, 9.17) is 0 Å². The van der Waals surface area contributed by atoms with Crippen LogP contribution in [0.15, 0.2) is 36.4 Å². The molecule has 1 saturated heterocycles. The number of nitrogens with zero attached hydrogens (tertiary/aromatic N) is 3. The third-order valence-electron chi connectivity index (χ3n) is 4.14. The second kappa shape index (κ2) is 6.73. The molecule has 6 heteroatoms. The molecule has 1 N–H and O–H groups in total. The molecule has 2 aromatic rings. The van der Waals surface area contributed by atoms with Gasteiger partial charge >= 0.3 is 0 Å². The van der Waals surface area contributed by atoms with Gasteiger partial charge in [0.1, 0.15) is 5.82 Å². The number of anilines is 1. The van der Waals surface area contributed by atoms with Crippen molar-refractivity contribution in [1.29, 1.82) is 0 Å². The fourth-order valence-electron chi connectivity index (χ4n) is 3.01. The molecule has 5 nitrogen and oxygen atoms in total. The van der Waals surface area contributed by atoms with Gasteiger partial charge in [0.25, 0.3) is 5.91 Å². The summed E-state index contributed by atoms with van der Waals surface area (Å²) in [6.07, 6.45) is 2.88. The number of halogens is 1. The summed E-state index contributed by atoms with van der Waals surface area (Å²) in [5, 5.41) is 10.7. The van der Waals surface area contributed by atoms with Crippen molar-refractivity contribution in [2.24, 2.45) is 0 Å². The average Bonchev–Trinajstić information content (AvgIpc) is 3.02. The van der Waals surface area contributed by atoms with Crippen LogP contribution in [0.2, 0.25) is 0 Å². The van der Waals surface area contributed by atoms with Gasteiger partial charge in [-0.25, -0.2) is 4.39 Å². The Balaban J connectivity index is 1.74. The number of nitrogens with one attached hydrogen (secondary N) is 1. The summed E-state index contributed by atoms with van der Waals surface area (Å²) in [5.74, 6) is 0.306. The smallest absolute Gasteiger partial charge is 0.271 e. The van der Waals surface area contributed by atoms with E-state index in [0.717, 1.165) is 37.2 Å². The van der Waals surface area contributed by atoms with Crippen LogP contribution < -0.4 is 10.2 Å². The third-order valence-corrected chi connectivity index (χ3v) is 4.14. The maximum atomic E-state index is 13.3. The number of hydrogen-bond donors (Lipinski definition) is 1. The summed E-state index contributed by atoms with van der Waals surface area (Å²) in [4.78, 5) is 13.7. The Kier molecular flexibility index (Phi) is 4.50. The van der Waals surface area contributed by atoms with Crippen molar-refractivity contribution >= 4 is 11.7 Å². The third kappa shape index (κ3) is 3.47. The van der Waals surface area contributed by atoms with Crippen LogP contribution >= 0.6 is 0 Å². The Morgan fingerprint density at radius 1 is 1.35 bits per heavy atom. The molecule has 0 aliphatic carbocycles. The van der Waals surface area contributed by atoms with E-state index in [1.165, 1.54) is 6.07 Å². The summed E-state index contributed by atoms with van der Waals surface area (Å²) in [7, 11) is 1.56. The molecule has 120 valence electrons. The minimum atomic E-state index is -0.248. The first kappa shape index (κ1) is 15.4. The Bertz CT molecular complexity index is 689. The molecule has 1 aliphatic heterocycles. The summed E-state index contributed by atoms with van der Waals surface area (Å²) in [6, 6.07) is 10.5. The van der Waals surface area contributed by atoms with Gasteiger partial charge in [0.15, 0.2) is 11.5 Å². The van der Waals surface area contributed by atoms with Gasteiger partial charge in [0.05, 0.1) is 0 Å². The molecule has 0 spiro atoms. The van der Waals surface area contributed by atoms with E-state index >= 15 is 0 Å². The topological polar surface area (TPSA) is 58.1 Å². The second-order valence-electron chi connectivity index (χ2n) is 5.68. The lowest BCUT2D eigenvalue weighted by molar-refractivity contribution is 0.0957. The maximum absolute atomic E-state index is 13.3. The first-order valence-electron chi connectivity index (χ1n) is 7.74. The Hall–Kier alpha value is -2.50. The molecule has 0 bridgehead atoms. The van der Waals surface area contributed by atoms with Gasteiger partial charge in [-0.3, -0.25) is 4.79 Å². The van der Waals surface area contributed by atoms with Crippen molar-refractivity contribution in [3.8, 4) is 0 Å². The molecule has 1 aliphatic rings. The van der Waals surface area contributed by atoms with E-state index in [-0.39, 0.29) is 17.8 Å². The molecule has 1 atom stereocenters. The van der Waals surface area contributed by atoms with Crippen molar-refractivity contribution < 1.29 is 9.18 Å². The maximum Gasteiger partial charge on any atom is 0.271 e. The van der Waals surface area contributed by atoms with Crippen LogP contribution in [0.3, 0.4) is 0 Å². The molecule has 3 rings (SSSR count). The predicted octanol–water partition coefficient (Wildman–Crippen LogP) is 2.19. The molecular formula is C17H19FN4O. The van der Waals surface area contributed by atoms with Crippen molar-refractivity contribution in [2.45, 2.75) is 25.3 Å². The minimum Gasteiger partial charge on any atom is -0.354 e. The van der Waals surface area contributed by atoms with Crippen LogP contribution in [0.4, 0.5) is 10.2 Å². The van der Waals surface area contributed by atoms with E-state index in [0.29, 0.717) is 5.69 Å². The van der Waals surface area contributed by atoms with Crippen molar-refractivity contribution in [1.82, 2.24) is 15.5 Å². The number of aromatic nitrogens is 2. The van der Waals surface area contributed by atoms with E-state index in [1.54, 1.807) is 25.2 Å². The average molecular weight is 314 g/mol. The van der Waals surface area contributed by atoms with Crippen LogP contribution in [0.1, 0.15) is 28.9 Å². The molecule has 1 amide bonds. The highest BCUT2D eigenvalue weighted by atomic mass is 19.1. The van der Waals surface area contributed by atoms with Crippen LogP contribution in [-0.4, -0.2) is 35.7 Å². The molecule has 0 radical (unpaired) electrons. The van der Waals surface area contributed by atoms with E-state index in [2.05, 4.69) is 20.4 Å². The summed E-state index contributed by atoms with van der Waals surface area (Å²) >= 11 is 0. The van der Waals surface area contributed by atoms with Crippen molar-refractivity contribution in [2.75, 3.05) is 18.5 Å². The normalized spacial score (nSPS) is 17.3. The quantitative estimate of drug-likeness (QED) is 0.940. The van der Waals surface area contributed by atoms with Crippen LogP contribution in [0.5, 0.6) is 0 Å². The van der Waals surface area contributed by atoms with Crippen molar-refractivity contribution in [3.63, 3.8) is 0 Å². The fraction of sp³-hybridized carbons (Fsp3) is 0.353. The van der Waals surface area contributed by atoms with Crippen LogP contribution in [0.25, 0.3) is 0 Å². The van der Waals surface area contributed by atoms with E-state index in [9.17, 15) is 9.18 Å². The molecule has 1 aromatic carbocycles. The largest absolute Gasteiger partial charge is 0.354 e. The summed E-state index contributed by atoms with van der Waals surface area (Å²) in [6.45, 7) is 0.897. The van der Waals surface area contributed by atoms with Crippen molar-refractivity contribution in [3.05, 3.63) is 53.5 Å². The lowest BCUT2D eigenvalue weighted by Crippen LogP contribution is -2.32. The van der Waals surface area contributed by atoms with E-state index in [1.807, 2.05) is 12.1 Å². The molecular weight excluding hydrogens is 295 g/mol. The minimum absolute atomic E-state index is 0.207. The highest BCUT2D eigenvalue weighted by Gasteiger charge is 2.26. The molecule has 1 fully saturated rings. The number of hydrogen-bond acceptors (Lipinski definition) is 4. The van der Waals surface area contributed by atoms with Gasteiger partial charge in [0, 0.05) is 19.6 Å². The van der Waals surface area contributed by atoms with Gasteiger partial charge in [-0.2, -0.15) is 0 Å². The van der Waals surface area contributed by atoms with Gasteiger partial charge in [-0.05, 0) is 49.1 Å². The molecule has 1 unspecified atom stereocenters. The zero-order valence-corrected chi connectivity index (χ0v) is 13.0. The van der Waals surface area contributed by atoms with Gasteiger partial charge in [-0.15, -0.1) is 10.2 Å². The number of carbonyl (C=O) groups is 1.